The molecule has 3 aliphatic carbocycles. The highest BCUT2D eigenvalue weighted by Crippen LogP contribution is 2.64. The fourth-order valence-corrected chi connectivity index (χ4v) is 10.2. The number of nitrogens with zero attached hydrogens (tertiary/aromatic N) is 1. The van der Waals surface area contributed by atoms with E-state index in [-0.39, 0.29) is 48.1 Å². The van der Waals surface area contributed by atoms with Crippen molar-refractivity contribution < 1.29 is 29.2 Å². The van der Waals surface area contributed by atoms with E-state index < -0.39 is 0 Å². The largest absolute Gasteiger partial charge is 0.446 e. The standard InChI is InChI=1S/C35H60N2O6/c1-6-30-31(25(3)35(43-30)14-9-24(2)23-41-35)33(4)12-11-29-26(22-33)7-8-27-21-28(10-13-34(27,29)5)42-32(40)36-15-16-37(17-19-38)18-20-39/h8,24-26,28-31,38-39H,6-7,9-23H2,1-5H3,(H,36,40)/t24-,25-,26-,28-,29-,30-,31?,33-,34-,35-/m0/s1. The van der Waals surface area contributed by atoms with Crippen LogP contribution >= 0.6 is 0 Å². The summed E-state index contributed by atoms with van der Waals surface area (Å²) < 4.78 is 19.3. The van der Waals surface area contributed by atoms with E-state index in [4.69, 9.17) is 14.2 Å². The number of nitrogens with one attached hydrogen (secondary N) is 1. The molecule has 5 aliphatic rings. The van der Waals surface area contributed by atoms with Crippen LogP contribution in [0.4, 0.5) is 4.79 Å². The number of fused-ring (bicyclic) bond motifs is 3. The van der Waals surface area contributed by atoms with Gasteiger partial charge in [-0.05, 0) is 85.9 Å². The Morgan fingerprint density at radius 2 is 1.86 bits per heavy atom. The van der Waals surface area contributed by atoms with Crippen molar-refractivity contribution in [3.05, 3.63) is 11.6 Å². The summed E-state index contributed by atoms with van der Waals surface area (Å²) in [6.45, 7) is 14.9. The number of carbonyl (C=O) groups excluding carboxylic acids is 1. The van der Waals surface area contributed by atoms with Crippen molar-refractivity contribution in [2.24, 2.45) is 40.4 Å². The molecular weight excluding hydrogens is 544 g/mol. The summed E-state index contributed by atoms with van der Waals surface area (Å²) in [7, 11) is 0. The minimum absolute atomic E-state index is 0.0317. The average molecular weight is 605 g/mol. The zero-order chi connectivity index (χ0) is 30.8. The Morgan fingerprint density at radius 3 is 2.53 bits per heavy atom. The van der Waals surface area contributed by atoms with E-state index in [0.717, 1.165) is 45.1 Å². The topological polar surface area (TPSA) is 100 Å². The maximum absolute atomic E-state index is 12.6. The predicted molar refractivity (Wildman–Crippen MR) is 167 cm³/mol. The first-order valence-corrected chi connectivity index (χ1v) is 17.5. The molecule has 2 saturated carbocycles. The average Bonchev–Trinajstić information content (AvgIpc) is 3.26. The molecule has 2 saturated heterocycles. The molecule has 0 aromatic heterocycles. The van der Waals surface area contributed by atoms with Gasteiger partial charge in [0.25, 0.3) is 0 Å². The molecule has 2 heterocycles. The van der Waals surface area contributed by atoms with Crippen molar-refractivity contribution in [2.45, 2.75) is 117 Å². The summed E-state index contributed by atoms with van der Waals surface area (Å²) >= 11 is 0. The molecule has 4 fully saturated rings. The summed E-state index contributed by atoms with van der Waals surface area (Å²) in [5, 5.41) is 21.2. The van der Waals surface area contributed by atoms with Gasteiger partial charge in [0.1, 0.15) is 6.10 Å². The molecule has 8 nitrogen and oxygen atoms in total. The number of rotatable bonds is 10. The lowest BCUT2D eigenvalue weighted by molar-refractivity contribution is -0.269. The van der Waals surface area contributed by atoms with Gasteiger partial charge in [-0.25, -0.2) is 4.79 Å². The van der Waals surface area contributed by atoms with Gasteiger partial charge in [0.2, 0.25) is 0 Å². The Balaban J connectivity index is 1.18. The molecule has 1 amide bonds. The van der Waals surface area contributed by atoms with Crippen molar-refractivity contribution in [3.63, 3.8) is 0 Å². The molecule has 1 spiro atoms. The molecule has 0 aromatic carbocycles. The molecule has 2 aliphatic heterocycles. The van der Waals surface area contributed by atoms with Gasteiger partial charge < -0.3 is 29.7 Å². The molecule has 0 radical (unpaired) electrons. The number of alkyl carbamates (subject to hydrolysis) is 1. The molecule has 0 bridgehead atoms. The van der Waals surface area contributed by atoms with E-state index in [1.54, 1.807) is 0 Å². The van der Waals surface area contributed by atoms with Crippen LogP contribution in [0.5, 0.6) is 0 Å². The highest BCUT2D eigenvalue weighted by molar-refractivity contribution is 5.67. The molecule has 43 heavy (non-hydrogen) atoms. The van der Waals surface area contributed by atoms with Gasteiger partial charge in [0.15, 0.2) is 5.79 Å². The normalized spacial score (nSPS) is 42.8. The van der Waals surface area contributed by atoms with Crippen LogP contribution in [-0.2, 0) is 14.2 Å². The number of hydrogen-bond acceptors (Lipinski definition) is 7. The Hall–Kier alpha value is -1.19. The van der Waals surface area contributed by atoms with Gasteiger partial charge in [-0.1, -0.05) is 46.3 Å². The van der Waals surface area contributed by atoms with E-state index in [1.807, 2.05) is 4.90 Å². The maximum atomic E-state index is 12.6. The minimum Gasteiger partial charge on any atom is -0.446 e. The van der Waals surface area contributed by atoms with Gasteiger partial charge in [0, 0.05) is 44.9 Å². The van der Waals surface area contributed by atoms with Crippen LogP contribution in [0.25, 0.3) is 0 Å². The molecule has 8 heteroatoms. The Morgan fingerprint density at radius 1 is 1.09 bits per heavy atom. The zero-order valence-electron chi connectivity index (χ0n) is 27.6. The Labute approximate surface area is 260 Å². The van der Waals surface area contributed by atoms with E-state index in [0.29, 0.717) is 55.8 Å². The highest BCUT2D eigenvalue weighted by Gasteiger charge is 2.61. The lowest BCUT2D eigenvalue weighted by Crippen LogP contribution is -2.50. The first-order valence-electron chi connectivity index (χ1n) is 17.5. The SMILES string of the molecule is CC[C@@H]1O[C@@]2(CC[C@H](C)CO2)[C@@H](C)C1[C@@]1(C)CC[C@H]2[C@@H](CC=C3C[C@@H](OC(=O)NCCN(CCO)CCO)CC[C@@]32C)C1. The molecule has 1 unspecified atom stereocenters. The highest BCUT2D eigenvalue weighted by atomic mass is 16.7. The van der Waals surface area contributed by atoms with Gasteiger partial charge in [0.05, 0.1) is 25.9 Å². The third-order valence-corrected chi connectivity index (χ3v) is 12.6. The number of allylic oxidation sites excluding steroid dienone is 1. The van der Waals surface area contributed by atoms with Crippen molar-refractivity contribution in [1.29, 1.82) is 0 Å². The first kappa shape index (κ1) is 33.2. The second-order valence-electron chi connectivity index (χ2n) is 15.3. The van der Waals surface area contributed by atoms with E-state index in [1.165, 1.54) is 31.3 Å². The zero-order valence-corrected chi connectivity index (χ0v) is 27.6. The van der Waals surface area contributed by atoms with Gasteiger partial charge in [-0.2, -0.15) is 0 Å². The van der Waals surface area contributed by atoms with Crippen LogP contribution in [-0.4, -0.2) is 85.2 Å². The lowest BCUT2D eigenvalue weighted by atomic mass is 9.48. The maximum Gasteiger partial charge on any atom is 0.407 e. The predicted octanol–water partition coefficient (Wildman–Crippen LogP) is 5.51. The van der Waals surface area contributed by atoms with Crippen LogP contribution in [0, 0.1) is 40.4 Å². The second-order valence-corrected chi connectivity index (χ2v) is 15.3. The smallest absolute Gasteiger partial charge is 0.407 e. The summed E-state index contributed by atoms with van der Waals surface area (Å²) in [5.41, 5.74) is 1.97. The van der Waals surface area contributed by atoms with Crippen molar-refractivity contribution in [3.8, 4) is 0 Å². The fraction of sp³-hybridized carbons (Fsp3) is 0.914. The second kappa shape index (κ2) is 13.7. The number of amides is 1. The van der Waals surface area contributed by atoms with Crippen LogP contribution in [0.1, 0.15) is 98.8 Å². The first-order chi connectivity index (χ1) is 20.6. The van der Waals surface area contributed by atoms with Crippen LogP contribution < -0.4 is 5.32 Å². The van der Waals surface area contributed by atoms with Crippen molar-refractivity contribution in [2.75, 3.05) is 46.0 Å². The van der Waals surface area contributed by atoms with Crippen molar-refractivity contribution in [1.82, 2.24) is 10.2 Å². The van der Waals surface area contributed by atoms with Crippen molar-refractivity contribution >= 4 is 6.09 Å². The number of aliphatic hydroxyl groups excluding tert-OH is 2. The molecule has 3 N–H and O–H groups in total. The summed E-state index contributed by atoms with van der Waals surface area (Å²) in [6, 6.07) is 0. The van der Waals surface area contributed by atoms with Crippen LogP contribution in [0.15, 0.2) is 11.6 Å². The molecule has 0 aromatic rings. The summed E-state index contributed by atoms with van der Waals surface area (Å²) in [4.78, 5) is 14.5. The molecule has 10 atom stereocenters. The summed E-state index contributed by atoms with van der Waals surface area (Å²) in [5.74, 6) is 2.58. The molecular formula is C35H60N2O6. The van der Waals surface area contributed by atoms with E-state index in [9.17, 15) is 15.0 Å². The number of hydrogen-bond donors (Lipinski definition) is 3. The fourth-order valence-electron chi connectivity index (χ4n) is 10.2. The van der Waals surface area contributed by atoms with Gasteiger partial charge >= 0.3 is 6.09 Å². The minimum atomic E-state index is -0.383. The number of carbonyl (C=O) groups is 1. The quantitative estimate of drug-likeness (QED) is 0.283. The van der Waals surface area contributed by atoms with Crippen LogP contribution in [0.2, 0.25) is 0 Å². The number of aliphatic hydroxyl groups is 2. The Bertz CT molecular complexity index is 975. The van der Waals surface area contributed by atoms with Gasteiger partial charge in [-0.15, -0.1) is 0 Å². The third-order valence-electron chi connectivity index (χ3n) is 12.6. The van der Waals surface area contributed by atoms with E-state index in [2.05, 4.69) is 46.0 Å². The van der Waals surface area contributed by atoms with Gasteiger partial charge in [-0.3, -0.25) is 4.90 Å². The van der Waals surface area contributed by atoms with Crippen LogP contribution in [0.3, 0.4) is 0 Å². The lowest BCUT2D eigenvalue weighted by Gasteiger charge is -2.57. The number of ether oxygens (including phenoxy) is 3. The monoisotopic (exact) mass is 604 g/mol. The Kier molecular flexibility index (Phi) is 10.5. The third kappa shape index (κ3) is 6.70. The molecule has 246 valence electrons. The molecule has 5 rings (SSSR count). The van der Waals surface area contributed by atoms with E-state index >= 15 is 0 Å². The summed E-state index contributed by atoms with van der Waals surface area (Å²) in [6.07, 6.45) is 13.4.